The molecule has 0 bridgehead atoms. The Balaban J connectivity index is 1.51. The fourth-order valence-electron chi connectivity index (χ4n) is 4.38. The molecule has 0 aliphatic rings. The van der Waals surface area contributed by atoms with Gasteiger partial charge in [0.15, 0.2) is 23.0 Å². The smallest absolute Gasteiger partial charge is 0.337 e. The second kappa shape index (κ2) is 16.9. The lowest BCUT2D eigenvalue weighted by Crippen LogP contribution is -2.17. The number of rotatable bonds is 16. The standard InChI is InChI=1S/C32H29ClN10O7/c1-18(23(35-2)5-4-9-37-42-34)38-25-15-22(33)19(13-20(25)31(45)46)8-12-50-28-16-26(21(32(47)48)14-27(28)49-3)39-30(44)24-6-7-29(41-40-24)43-11-10-36-17-43/h4-7,9-11,13-17,34,38H,1,8,12H2,2-3H3,(H,39,44)(H,45,46)(H,47,48)/b5-4-,35-23?,37-9+,42-34?. The zero-order valence-corrected chi connectivity index (χ0v) is 27.2. The number of carboxylic acid groups (broad SMARTS) is 2. The third-order valence-corrected chi connectivity index (χ3v) is 7.13. The maximum Gasteiger partial charge on any atom is 0.337 e. The molecular weight excluding hydrogens is 672 g/mol. The number of aromatic carboxylic acids is 2. The van der Waals surface area contributed by atoms with Crippen LogP contribution in [-0.2, 0) is 6.42 Å². The monoisotopic (exact) mass is 700 g/mol. The lowest BCUT2D eigenvalue weighted by atomic mass is 10.1. The van der Waals surface area contributed by atoms with Crippen LogP contribution in [0.5, 0.6) is 11.5 Å². The van der Waals surface area contributed by atoms with Crippen LogP contribution >= 0.6 is 11.6 Å². The Bertz CT molecular complexity index is 2010. The van der Waals surface area contributed by atoms with Crippen LogP contribution in [0.4, 0.5) is 11.4 Å². The molecule has 0 saturated carbocycles. The van der Waals surface area contributed by atoms with E-state index in [2.05, 4.69) is 47.7 Å². The van der Waals surface area contributed by atoms with Crippen LogP contribution in [0.25, 0.3) is 5.82 Å². The van der Waals surface area contributed by atoms with E-state index in [1.165, 1.54) is 63.1 Å². The molecule has 0 atom stereocenters. The lowest BCUT2D eigenvalue weighted by Gasteiger charge is -2.17. The average molecular weight is 701 g/mol. The number of benzene rings is 2. The number of carbonyl (C=O) groups excluding carboxylic acids is 1. The third-order valence-electron chi connectivity index (χ3n) is 6.78. The van der Waals surface area contributed by atoms with E-state index in [9.17, 15) is 24.6 Å². The zero-order chi connectivity index (χ0) is 36.2. The van der Waals surface area contributed by atoms with Crippen molar-refractivity contribution in [3.05, 3.63) is 107 Å². The molecule has 2 aromatic carbocycles. The summed E-state index contributed by atoms with van der Waals surface area (Å²) < 4.78 is 12.8. The number of anilines is 2. The van der Waals surface area contributed by atoms with E-state index in [0.29, 0.717) is 17.1 Å². The molecule has 0 aliphatic carbocycles. The fourth-order valence-corrected chi connectivity index (χ4v) is 4.64. The highest BCUT2D eigenvalue weighted by Crippen LogP contribution is 2.35. The quantitative estimate of drug-likeness (QED) is 0.0581. The van der Waals surface area contributed by atoms with Crippen molar-refractivity contribution in [3.63, 3.8) is 0 Å². The summed E-state index contributed by atoms with van der Waals surface area (Å²) in [5.41, 5.74) is 7.39. The van der Waals surface area contributed by atoms with Crippen LogP contribution in [0.15, 0.2) is 94.9 Å². The number of aliphatic imine (C=N–C) groups is 1. The van der Waals surface area contributed by atoms with Crippen molar-refractivity contribution in [2.24, 2.45) is 15.3 Å². The Hall–Kier alpha value is -6.75. The number of nitrogens with one attached hydrogen (secondary N) is 3. The summed E-state index contributed by atoms with van der Waals surface area (Å²) >= 11 is 6.54. The van der Waals surface area contributed by atoms with Crippen LogP contribution in [0.1, 0.15) is 36.8 Å². The highest BCUT2D eigenvalue weighted by molar-refractivity contribution is 6.32. The summed E-state index contributed by atoms with van der Waals surface area (Å²) in [4.78, 5) is 45.3. The molecule has 0 spiro atoms. The van der Waals surface area contributed by atoms with Crippen molar-refractivity contribution >= 4 is 52.7 Å². The number of methoxy groups -OCH3 is 1. The number of amides is 1. The molecule has 2 heterocycles. The Labute approximate surface area is 289 Å². The first-order valence-electron chi connectivity index (χ1n) is 14.3. The van der Waals surface area contributed by atoms with Gasteiger partial charge in [0.05, 0.1) is 53.8 Å². The fraction of sp³-hybridized carbons (Fsp3) is 0.125. The SMILES string of the molecule is C=C(Nc1cc(Cl)c(CCOc2cc(NC(=O)c3ccc(-n4ccnc4)nn3)c(C(=O)O)cc2OC)cc1C(=O)O)C(/C=C\C=N\N=N)=NC. The van der Waals surface area contributed by atoms with Crippen LogP contribution in [0.3, 0.4) is 0 Å². The predicted molar refractivity (Wildman–Crippen MR) is 184 cm³/mol. The van der Waals surface area contributed by atoms with Gasteiger partial charge in [-0.05, 0) is 42.0 Å². The van der Waals surface area contributed by atoms with Crippen LogP contribution in [-0.4, -0.2) is 80.5 Å². The third kappa shape index (κ3) is 8.98. The molecule has 4 rings (SSSR count). The maximum atomic E-state index is 13.0. The number of carbonyl (C=O) groups is 3. The van der Waals surface area contributed by atoms with Gasteiger partial charge in [-0.3, -0.25) is 14.4 Å². The van der Waals surface area contributed by atoms with Crippen molar-refractivity contribution in [2.45, 2.75) is 6.42 Å². The molecule has 0 fully saturated rings. The molecule has 0 unspecified atom stereocenters. The van der Waals surface area contributed by atoms with E-state index < -0.39 is 17.8 Å². The lowest BCUT2D eigenvalue weighted by molar-refractivity contribution is 0.0686. The molecule has 18 heteroatoms. The van der Waals surface area contributed by atoms with Crippen LogP contribution < -0.4 is 20.1 Å². The van der Waals surface area contributed by atoms with Gasteiger partial charge in [-0.15, -0.1) is 15.3 Å². The van der Waals surface area contributed by atoms with Crippen LogP contribution in [0, 0.1) is 5.53 Å². The van der Waals surface area contributed by atoms with Gasteiger partial charge in [0, 0.05) is 43.0 Å². The molecule has 0 radical (unpaired) electrons. The minimum Gasteiger partial charge on any atom is -0.493 e. The molecule has 2 aromatic heterocycles. The van der Waals surface area contributed by atoms with Crippen molar-refractivity contribution in [2.75, 3.05) is 31.4 Å². The summed E-state index contributed by atoms with van der Waals surface area (Å²) in [7, 11) is 2.84. The topological polar surface area (TPSA) is 239 Å². The van der Waals surface area contributed by atoms with Gasteiger partial charge in [-0.25, -0.2) is 14.6 Å². The average Bonchev–Trinajstić information content (AvgIpc) is 3.64. The van der Waals surface area contributed by atoms with Gasteiger partial charge in [0.2, 0.25) is 0 Å². The molecule has 0 saturated heterocycles. The Morgan fingerprint density at radius 1 is 1.06 bits per heavy atom. The molecule has 5 N–H and O–H groups in total. The molecule has 17 nitrogen and oxygen atoms in total. The molecule has 256 valence electrons. The zero-order valence-electron chi connectivity index (χ0n) is 26.5. The van der Waals surface area contributed by atoms with E-state index in [4.69, 9.17) is 26.6 Å². The van der Waals surface area contributed by atoms with Gasteiger partial charge < -0.3 is 30.3 Å². The summed E-state index contributed by atoms with van der Waals surface area (Å²) in [5, 5.41) is 39.6. The van der Waals surface area contributed by atoms with Crippen molar-refractivity contribution in [1.29, 1.82) is 5.53 Å². The first kappa shape index (κ1) is 36.1. The summed E-state index contributed by atoms with van der Waals surface area (Å²) in [6.45, 7) is 3.86. The van der Waals surface area contributed by atoms with Crippen LogP contribution in [0.2, 0.25) is 5.02 Å². The number of hydrogen-bond acceptors (Lipinski definition) is 12. The van der Waals surface area contributed by atoms with Gasteiger partial charge in [-0.2, -0.15) is 5.53 Å². The maximum absolute atomic E-state index is 13.0. The number of hydrogen-bond donors (Lipinski definition) is 5. The van der Waals surface area contributed by atoms with Crippen molar-refractivity contribution in [1.82, 2.24) is 19.7 Å². The normalized spacial score (nSPS) is 11.4. The molecular formula is C32H29ClN10O7. The largest absolute Gasteiger partial charge is 0.493 e. The van der Waals surface area contributed by atoms with E-state index in [-0.39, 0.29) is 63.4 Å². The second-order valence-electron chi connectivity index (χ2n) is 9.88. The van der Waals surface area contributed by atoms with Gasteiger partial charge >= 0.3 is 11.9 Å². The highest BCUT2D eigenvalue weighted by atomic mass is 35.5. The summed E-state index contributed by atoms with van der Waals surface area (Å²) in [6.07, 6.45) is 9.17. The Morgan fingerprint density at radius 3 is 2.42 bits per heavy atom. The number of nitrogens with zero attached hydrogens (tertiary/aromatic N) is 7. The van der Waals surface area contributed by atoms with E-state index in [0.717, 1.165) is 0 Å². The number of aromatic nitrogens is 4. The summed E-state index contributed by atoms with van der Waals surface area (Å²) in [6, 6.07) is 8.29. The van der Waals surface area contributed by atoms with Crippen molar-refractivity contribution < 1.29 is 34.1 Å². The van der Waals surface area contributed by atoms with E-state index >= 15 is 0 Å². The van der Waals surface area contributed by atoms with Gasteiger partial charge in [-0.1, -0.05) is 23.4 Å². The van der Waals surface area contributed by atoms with E-state index in [1.54, 1.807) is 29.1 Å². The number of carboxylic acids is 2. The Morgan fingerprint density at radius 2 is 1.80 bits per heavy atom. The summed E-state index contributed by atoms with van der Waals surface area (Å²) in [5.74, 6) is -2.70. The predicted octanol–water partition coefficient (Wildman–Crippen LogP) is 5.16. The molecule has 1 amide bonds. The first-order valence-corrected chi connectivity index (χ1v) is 14.7. The Kier molecular flexibility index (Phi) is 12.2. The second-order valence-corrected chi connectivity index (χ2v) is 10.3. The van der Waals surface area contributed by atoms with Crippen molar-refractivity contribution in [3.8, 4) is 17.3 Å². The molecule has 4 aromatic rings. The number of allylic oxidation sites excluding steroid dienone is 2. The minimum absolute atomic E-state index is 0.0425. The minimum atomic E-state index is -1.33. The number of imidazole rings is 1. The van der Waals surface area contributed by atoms with E-state index in [1.807, 2.05) is 0 Å². The molecule has 50 heavy (non-hydrogen) atoms. The molecule has 0 aliphatic heterocycles. The first-order chi connectivity index (χ1) is 24.1. The number of halogens is 1. The van der Waals surface area contributed by atoms with Gasteiger partial charge in [0.1, 0.15) is 6.33 Å². The highest BCUT2D eigenvalue weighted by Gasteiger charge is 2.21. The van der Waals surface area contributed by atoms with Gasteiger partial charge in [0.25, 0.3) is 5.91 Å². The number of ether oxygens (including phenoxy) is 2.